The zero-order valence-corrected chi connectivity index (χ0v) is 18.7. The first-order chi connectivity index (χ1) is 15.3. The minimum atomic E-state index is -0.519. The number of hydrogen-bond donors (Lipinski definition) is 4. The topological polar surface area (TPSA) is 122 Å². The van der Waals surface area contributed by atoms with Crippen LogP contribution in [0.4, 0.5) is 11.5 Å². The fraction of sp³-hybridized carbons (Fsp3) is 0.375. The number of rotatable bonds is 6. The van der Waals surface area contributed by atoms with Gasteiger partial charge < -0.3 is 20.6 Å². The Morgan fingerprint density at radius 1 is 1.22 bits per heavy atom. The second-order valence-electron chi connectivity index (χ2n) is 8.69. The highest BCUT2D eigenvalue weighted by Gasteiger charge is 2.20. The minimum absolute atomic E-state index is 0.135. The van der Waals surface area contributed by atoms with Gasteiger partial charge in [0.2, 0.25) is 0 Å². The Bertz CT molecular complexity index is 1170. The molecule has 1 saturated heterocycles. The van der Waals surface area contributed by atoms with Gasteiger partial charge in [-0.15, -0.1) is 0 Å². The number of carbonyl (C=O) groups is 1. The van der Waals surface area contributed by atoms with Gasteiger partial charge in [0.1, 0.15) is 17.2 Å². The van der Waals surface area contributed by atoms with Crippen LogP contribution in [-0.4, -0.2) is 45.4 Å². The van der Waals surface area contributed by atoms with Gasteiger partial charge in [-0.25, -0.2) is 9.97 Å². The molecule has 3 aromatic heterocycles. The average Bonchev–Trinajstić information content (AvgIpc) is 3.22. The van der Waals surface area contributed by atoms with E-state index in [2.05, 4.69) is 38.2 Å². The number of anilines is 2. The van der Waals surface area contributed by atoms with Crippen LogP contribution in [0.25, 0.3) is 22.3 Å². The van der Waals surface area contributed by atoms with Gasteiger partial charge in [-0.2, -0.15) is 0 Å². The smallest absolute Gasteiger partial charge is 0.270 e. The number of pyridine rings is 2. The molecule has 8 nitrogen and oxygen atoms in total. The zero-order chi connectivity index (χ0) is 22.8. The standard InChI is InChI=1S/C24H29N7O/c1-14-5-8-31(9-6-14)21-12-17(4-7-27-21)20-11-18-10-19(13-28-23(18)30-20)29-24(32)22(26)15(2)16(3)25/h4,7,10-15,25-26H,5-6,8-9H2,1-3H3,(H,28,30)(H,29,32). The Hall–Kier alpha value is -3.55. The summed E-state index contributed by atoms with van der Waals surface area (Å²) in [5, 5.41) is 19.2. The molecule has 0 saturated carbocycles. The fourth-order valence-electron chi connectivity index (χ4n) is 3.85. The maximum atomic E-state index is 12.3. The molecule has 1 fully saturated rings. The summed E-state index contributed by atoms with van der Waals surface area (Å²) in [7, 11) is 0. The number of fused-ring (bicyclic) bond motifs is 1. The van der Waals surface area contributed by atoms with Crippen LogP contribution in [0.1, 0.15) is 33.6 Å². The summed E-state index contributed by atoms with van der Waals surface area (Å²) in [6.45, 7) is 7.63. The number of H-pyrrole nitrogens is 1. The van der Waals surface area contributed by atoms with Gasteiger partial charge in [0.05, 0.1) is 11.9 Å². The third-order valence-electron chi connectivity index (χ3n) is 6.22. The molecule has 32 heavy (non-hydrogen) atoms. The Morgan fingerprint density at radius 2 is 1.97 bits per heavy atom. The van der Waals surface area contributed by atoms with E-state index in [9.17, 15) is 4.79 Å². The molecule has 4 heterocycles. The van der Waals surface area contributed by atoms with Crippen molar-refractivity contribution in [2.24, 2.45) is 11.8 Å². The van der Waals surface area contributed by atoms with Gasteiger partial charge in [0.15, 0.2) is 0 Å². The molecule has 0 aromatic carbocycles. The van der Waals surface area contributed by atoms with Crippen molar-refractivity contribution in [2.45, 2.75) is 33.6 Å². The predicted molar refractivity (Wildman–Crippen MR) is 129 cm³/mol. The molecule has 4 N–H and O–H groups in total. The van der Waals surface area contributed by atoms with Crippen LogP contribution >= 0.6 is 0 Å². The van der Waals surface area contributed by atoms with E-state index >= 15 is 0 Å². The monoisotopic (exact) mass is 431 g/mol. The minimum Gasteiger partial charge on any atom is -0.357 e. The van der Waals surface area contributed by atoms with Gasteiger partial charge in [-0.3, -0.25) is 10.2 Å². The summed E-state index contributed by atoms with van der Waals surface area (Å²) in [4.78, 5) is 27.0. The first-order valence-corrected chi connectivity index (χ1v) is 11.0. The maximum absolute atomic E-state index is 12.3. The summed E-state index contributed by atoms with van der Waals surface area (Å²) in [6.07, 6.45) is 5.78. The van der Waals surface area contributed by atoms with Crippen LogP contribution in [0.15, 0.2) is 36.7 Å². The number of nitrogens with one attached hydrogen (secondary N) is 4. The quantitative estimate of drug-likeness (QED) is 0.429. The molecule has 1 amide bonds. The number of nitrogens with zero attached hydrogens (tertiary/aromatic N) is 3. The molecule has 4 rings (SSSR count). The largest absolute Gasteiger partial charge is 0.357 e. The lowest BCUT2D eigenvalue weighted by atomic mass is 9.99. The van der Waals surface area contributed by atoms with Gasteiger partial charge >= 0.3 is 0 Å². The average molecular weight is 432 g/mol. The molecule has 1 atom stereocenters. The van der Waals surface area contributed by atoms with Crippen molar-refractivity contribution in [1.29, 1.82) is 10.8 Å². The molecule has 0 radical (unpaired) electrons. The summed E-state index contributed by atoms with van der Waals surface area (Å²) >= 11 is 0. The first kappa shape index (κ1) is 21.7. The lowest BCUT2D eigenvalue weighted by Crippen LogP contribution is -2.33. The molecule has 0 spiro atoms. The third-order valence-corrected chi connectivity index (χ3v) is 6.22. The summed E-state index contributed by atoms with van der Waals surface area (Å²) in [5.74, 6) is 0.721. The van der Waals surface area contributed by atoms with Crippen molar-refractivity contribution in [3.8, 4) is 11.3 Å². The second-order valence-corrected chi connectivity index (χ2v) is 8.69. The third kappa shape index (κ3) is 4.54. The molecule has 0 aliphatic carbocycles. The van der Waals surface area contributed by atoms with Crippen molar-refractivity contribution in [1.82, 2.24) is 15.0 Å². The van der Waals surface area contributed by atoms with Crippen molar-refractivity contribution in [3.63, 3.8) is 0 Å². The maximum Gasteiger partial charge on any atom is 0.270 e. The van der Waals surface area contributed by atoms with Gasteiger partial charge in [0.25, 0.3) is 5.91 Å². The molecule has 1 aliphatic rings. The van der Waals surface area contributed by atoms with Gasteiger partial charge in [-0.1, -0.05) is 13.8 Å². The van der Waals surface area contributed by atoms with E-state index < -0.39 is 11.8 Å². The van der Waals surface area contributed by atoms with E-state index in [1.807, 2.05) is 24.4 Å². The Labute approximate surface area is 187 Å². The van der Waals surface area contributed by atoms with Crippen molar-refractivity contribution in [2.75, 3.05) is 23.3 Å². The molecule has 8 heteroatoms. The van der Waals surface area contributed by atoms with E-state index in [0.29, 0.717) is 5.69 Å². The van der Waals surface area contributed by atoms with Crippen LogP contribution < -0.4 is 10.2 Å². The van der Waals surface area contributed by atoms with E-state index in [4.69, 9.17) is 10.8 Å². The Morgan fingerprint density at radius 3 is 2.69 bits per heavy atom. The van der Waals surface area contributed by atoms with Gasteiger partial charge in [0, 0.05) is 47.6 Å². The zero-order valence-electron chi connectivity index (χ0n) is 18.7. The highest BCUT2D eigenvalue weighted by molar-refractivity contribution is 6.45. The molecular formula is C24H29N7O. The first-order valence-electron chi connectivity index (χ1n) is 11.0. The highest BCUT2D eigenvalue weighted by Crippen LogP contribution is 2.28. The number of aromatic nitrogens is 3. The van der Waals surface area contributed by atoms with Crippen molar-refractivity contribution < 1.29 is 4.79 Å². The molecule has 1 aliphatic heterocycles. The number of hydrogen-bond acceptors (Lipinski definition) is 6. The summed E-state index contributed by atoms with van der Waals surface area (Å²) in [5.41, 5.74) is 3.36. The Kier molecular flexibility index (Phi) is 6.03. The SMILES string of the molecule is CC(=N)C(C)C(=N)C(=O)Nc1cnc2[nH]c(-c3ccnc(N4CCC(C)CC4)c3)cc2c1. The van der Waals surface area contributed by atoms with Crippen molar-refractivity contribution in [3.05, 3.63) is 36.7 Å². The fourth-order valence-corrected chi connectivity index (χ4v) is 3.85. The number of carbonyl (C=O) groups excluding carboxylic acids is 1. The lowest BCUT2D eigenvalue weighted by Gasteiger charge is -2.31. The molecule has 3 aromatic rings. The summed E-state index contributed by atoms with van der Waals surface area (Å²) in [6, 6.07) is 7.92. The summed E-state index contributed by atoms with van der Waals surface area (Å²) < 4.78 is 0. The molecule has 0 bridgehead atoms. The number of aromatic amines is 1. The van der Waals surface area contributed by atoms with Crippen molar-refractivity contribution >= 4 is 39.9 Å². The van der Waals surface area contributed by atoms with Crippen LogP contribution in [0.5, 0.6) is 0 Å². The van der Waals surface area contributed by atoms with Crippen LogP contribution in [0.3, 0.4) is 0 Å². The lowest BCUT2D eigenvalue weighted by molar-refractivity contribution is -0.110. The van der Waals surface area contributed by atoms with E-state index in [0.717, 1.165) is 47.1 Å². The molecular weight excluding hydrogens is 402 g/mol. The van der Waals surface area contributed by atoms with E-state index in [1.54, 1.807) is 20.0 Å². The van der Waals surface area contributed by atoms with Gasteiger partial charge in [-0.05, 0) is 49.9 Å². The second kappa shape index (κ2) is 8.90. The van der Waals surface area contributed by atoms with Crippen LogP contribution in [0, 0.1) is 22.7 Å². The highest BCUT2D eigenvalue weighted by atomic mass is 16.1. The molecule has 166 valence electrons. The van der Waals surface area contributed by atoms with E-state index in [1.165, 1.54) is 12.8 Å². The Balaban J connectivity index is 1.53. The van der Waals surface area contributed by atoms with Crippen LogP contribution in [-0.2, 0) is 4.79 Å². The normalized spacial score (nSPS) is 15.5. The van der Waals surface area contributed by atoms with Crippen LogP contribution in [0.2, 0.25) is 0 Å². The number of piperidine rings is 1. The number of amides is 1. The van der Waals surface area contributed by atoms with E-state index in [-0.39, 0.29) is 11.4 Å². The molecule has 1 unspecified atom stereocenters. The predicted octanol–water partition coefficient (Wildman–Crippen LogP) is 4.50.